The van der Waals surface area contributed by atoms with Gasteiger partial charge in [-0.15, -0.1) is 4.98 Å². The number of thioether (sulfide) groups is 1. The molecule has 176 valence electrons. The first-order chi connectivity index (χ1) is 15.9. The lowest BCUT2D eigenvalue weighted by atomic mass is 10.1. The molecule has 1 aromatic heterocycles. The van der Waals surface area contributed by atoms with Crippen molar-refractivity contribution in [1.29, 1.82) is 0 Å². The molecule has 33 heavy (non-hydrogen) atoms. The molecule has 0 aliphatic rings. The van der Waals surface area contributed by atoms with Crippen molar-refractivity contribution in [3.05, 3.63) is 36.4 Å². The van der Waals surface area contributed by atoms with Crippen LogP contribution in [0.25, 0.3) is 0 Å². The topological polar surface area (TPSA) is 138 Å². The molecule has 4 N–H and O–H groups in total. The summed E-state index contributed by atoms with van der Waals surface area (Å²) in [6.45, 7) is 2.19. The average molecular weight is 474 g/mol. The number of hydrogen-bond donors (Lipinski definition) is 4. The van der Waals surface area contributed by atoms with Crippen molar-refractivity contribution >= 4 is 11.8 Å². The van der Waals surface area contributed by atoms with Crippen LogP contribution in [-0.4, -0.2) is 41.1 Å². The highest BCUT2D eigenvalue weighted by molar-refractivity contribution is 7.99. The van der Waals surface area contributed by atoms with E-state index >= 15 is 0 Å². The first-order valence-electron chi connectivity index (χ1n) is 10.7. The molecule has 0 atom stereocenters. The van der Waals surface area contributed by atoms with Crippen LogP contribution in [0.15, 0.2) is 41.6 Å². The van der Waals surface area contributed by atoms with Crippen molar-refractivity contribution in [3.63, 3.8) is 0 Å². The quantitative estimate of drug-likeness (QED) is 0.190. The number of ether oxygens (including phenoxy) is 2. The summed E-state index contributed by atoms with van der Waals surface area (Å²) in [6, 6.07) is 7.37. The summed E-state index contributed by atoms with van der Waals surface area (Å²) in [4.78, 5) is 12.7. The van der Waals surface area contributed by atoms with Crippen LogP contribution in [-0.2, 0) is 0 Å². The van der Waals surface area contributed by atoms with E-state index in [2.05, 4.69) is 21.9 Å². The van der Waals surface area contributed by atoms with Gasteiger partial charge in [-0.1, -0.05) is 50.8 Å². The van der Waals surface area contributed by atoms with E-state index in [1.165, 1.54) is 73.8 Å². The summed E-state index contributed by atoms with van der Waals surface area (Å²) in [5, 5.41) is 39.1. The molecule has 0 amide bonds. The maximum absolute atomic E-state index is 9.68. The van der Waals surface area contributed by atoms with Gasteiger partial charge in [-0.05, 0) is 6.42 Å². The number of phenols is 4. The molecule has 0 bridgehead atoms. The van der Waals surface area contributed by atoms with E-state index < -0.39 is 0 Å². The van der Waals surface area contributed by atoms with Gasteiger partial charge in [0.1, 0.15) is 34.5 Å². The number of unbranched alkanes of at least 4 members (excludes halogenated alkanes) is 5. The van der Waals surface area contributed by atoms with Gasteiger partial charge >= 0.3 is 12.0 Å². The van der Waals surface area contributed by atoms with Crippen molar-refractivity contribution in [1.82, 2.24) is 15.0 Å². The zero-order valence-electron chi connectivity index (χ0n) is 18.3. The SMILES string of the molecule is CCCCCCCCSc1nc(Oc2cc(O)cc(O)c2)nc(Oc2cc(O)cc(O)c2)n1. The third-order valence-electron chi connectivity index (χ3n) is 4.47. The highest BCUT2D eigenvalue weighted by Crippen LogP contribution is 2.32. The molecule has 0 radical (unpaired) electrons. The third-order valence-corrected chi connectivity index (χ3v) is 5.41. The van der Waals surface area contributed by atoms with Crippen molar-refractivity contribution < 1.29 is 29.9 Å². The van der Waals surface area contributed by atoms with Crippen LogP contribution in [0.1, 0.15) is 45.4 Å². The Morgan fingerprint density at radius 1 is 0.636 bits per heavy atom. The van der Waals surface area contributed by atoms with E-state index in [-0.39, 0.29) is 46.5 Å². The number of benzene rings is 2. The Morgan fingerprint density at radius 3 is 1.58 bits per heavy atom. The molecule has 0 fully saturated rings. The molecule has 3 rings (SSSR count). The summed E-state index contributed by atoms with van der Waals surface area (Å²) in [5.74, 6) is 0.353. The molecule has 0 saturated carbocycles. The van der Waals surface area contributed by atoms with E-state index in [9.17, 15) is 20.4 Å². The van der Waals surface area contributed by atoms with Gasteiger partial charge in [0.15, 0.2) is 5.16 Å². The first kappa shape index (κ1) is 24.2. The summed E-state index contributed by atoms with van der Waals surface area (Å²) in [6.07, 6.45) is 7.01. The molecule has 0 saturated heterocycles. The number of hydrogen-bond acceptors (Lipinski definition) is 10. The zero-order valence-corrected chi connectivity index (χ0v) is 19.1. The Bertz CT molecular complexity index is 954. The molecule has 0 unspecified atom stereocenters. The van der Waals surface area contributed by atoms with Crippen molar-refractivity contribution in [2.75, 3.05) is 5.75 Å². The Balaban J connectivity index is 1.75. The molecule has 3 aromatic rings. The van der Waals surface area contributed by atoms with Gasteiger partial charge in [-0.25, -0.2) is 0 Å². The van der Waals surface area contributed by atoms with Gasteiger partial charge in [-0.2, -0.15) is 9.97 Å². The van der Waals surface area contributed by atoms with Crippen molar-refractivity contribution in [3.8, 4) is 46.5 Å². The summed E-state index contributed by atoms with van der Waals surface area (Å²) >= 11 is 1.43. The van der Waals surface area contributed by atoms with E-state index in [1.54, 1.807) is 0 Å². The normalized spacial score (nSPS) is 10.8. The minimum Gasteiger partial charge on any atom is -0.508 e. The molecule has 0 spiro atoms. The minimum absolute atomic E-state index is 0.0974. The maximum atomic E-state index is 9.68. The molecule has 10 heteroatoms. The zero-order chi connectivity index (χ0) is 23.6. The highest BCUT2D eigenvalue weighted by atomic mass is 32.2. The van der Waals surface area contributed by atoms with Gasteiger partial charge in [0.25, 0.3) is 0 Å². The van der Waals surface area contributed by atoms with E-state index in [1.807, 2.05) is 0 Å². The second-order valence-electron chi connectivity index (χ2n) is 7.37. The van der Waals surface area contributed by atoms with Gasteiger partial charge in [0.2, 0.25) is 0 Å². The van der Waals surface area contributed by atoms with E-state index in [0.717, 1.165) is 18.6 Å². The fourth-order valence-corrected chi connectivity index (χ4v) is 3.80. The predicted molar refractivity (Wildman–Crippen MR) is 124 cm³/mol. The van der Waals surface area contributed by atoms with Crippen LogP contribution in [0.4, 0.5) is 0 Å². The first-order valence-corrected chi connectivity index (χ1v) is 11.7. The van der Waals surface area contributed by atoms with Crippen LogP contribution in [0, 0.1) is 0 Å². The lowest BCUT2D eigenvalue weighted by Crippen LogP contribution is -2.00. The Labute approximate surface area is 196 Å². The second kappa shape index (κ2) is 12.0. The van der Waals surface area contributed by atoms with Gasteiger partial charge in [0, 0.05) is 42.2 Å². The molecular formula is C23H27N3O6S. The number of rotatable bonds is 12. The Kier molecular flexibility index (Phi) is 8.82. The number of aromatic nitrogens is 3. The maximum Gasteiger partial charge on any atom is 0.329 e. The largest absolute Gasteiger partial charge is 0.508 e. The van der Waals surface area contributed by atoms with Crippen molar-refractivity contribution in [2.45, 2.75) is 50.6 Å². The second-order valence-corrected chi connectivity index (χ2v) is 8.44. The van der Waals surface area contributed by atoms with Crippen LogP contribution in [0.2, 0.25) is 0 Å². The van der Waals surface area contributed by atoms with E-state index in [4.69, 9.17) is 9.47 Å². The summed E-state index contributed by atoms with van der Waals surface area (Å²) in [5.41, 5.74) is 0. The average Bonchev–Trinajstić information content (AvgIpc) is 2.71. The lowest BCUT2D eigenvalue weighted by molar-refractivity contribution is 0.378. The van der Waals surface area contributed by atoms with Crippen LogP contribution < -0.4 is 9.47 Å². The van der Waals surface area contributed by atoms with Crippen LogP contribution in [0.3, 0.4) is 0 Å². The molecule has 0 aliphatic carbocycles. The number of nitrogens with zero attached hydrogens (tertiary/aromatic N) is 3. The highest BCUT2D eigenvalue weighted by Gasteiger charge is 2.13. The van der Waals surface area contributed by atoms with E-state index in [0.29, 0.717) is 5.16 Å². The number of aromatic hydroxyl groups is 4. The van der Waals surface area contributed by atoms with Crippen LogP contribution in [0.5, 0.6) is 46.5 Å². The van der Waals surface area contributed by atoms with Crippen LogP contribution >= 0.6 is 11.8 Å². The van der Waals surface area contributed by atoms with Gasteiger partial charge < -0.3 is 29.9 Å². The smallest absolute Gasteiger partial charge is 0.329 e. The molecule has 2 aromatic carbocycles. The van der Waals surface area contributed by atoms with Gasteiger partial charge in [-0.3, -0.25) is 0 Å². The minimum atomic E-state index is -0.177. The Hall–Kier alpha value is -3.40. The lowest BCUT2D eigenvalue weighted by Gasteiger charge is -2.10. The molecule has 9 nitrogen and oxygen atoms in total. The third kappa shape index (κ3) is 8.23. The molecule has 1 heterocycles. The predicted octanol–water partition coefficient (Wildman–Crippen LogP) is 5.73. The fraction of sp³-hybridized carbons (Fsp3) is 0.348. The van der Waals surface area contributed by atoms with Crippen molar-refractivity contribution in [2.24, 2.45) is 0 Å². The fourth-order valence-electron chi connectivity index (χ4n) is 2.99. The standard InChI is InChI=1S/C23H27N3O6S/c1-2-3-4-5-6-7-8-33-23-25-21(31-19-11-15(27)9-16(28)12-19)24-22(26-23)32-20-13-17(29)10-18(30)14-20/h9-14,27-30H,2-8H2,1H3. The summed E-state index contributed by atoms with van der Waals surface area (Å²) < 4.78 is 11.2. The van der Waals surface area contributed by atoms with Gasteiger partial charge in [0.05, 0.1) is 0 Å². The monoisotopic (exact) mass is 473 g/mol. The Morgan fingerprint density at radius 2 is 1.09 bits per heavy atom. The number of phenolic OH excluding ortho intramolecular Hbond substituents is 4. The summed E-state index contributed by atoms with van der Waals surface area (Å²) in [7, 11) is 0. The molecule has 0 aliphatic heterocycles. The molecular weight excluding hydrogens is 446 g/mol.